The predicted molar refractivity (Wildman–Crippen MR) is 176 cm³/mol. The Hall–Kier alpha value is -5.27. The van der Waals surface area contributed by atoms with Crippen LogP contribution in [0, 0.1) is 5.92 Å². The fourth-order valence-corrected chi connectivity index (χ4v) is 6.40. The topological polar surface area (TPSA) is 135 Å². The van der Waals surface area contributed by atoms with Gasteiger partial charge >= 0.3 is 12.3 Å². The van der Waals surface area contributed by atoms with E-state index in [9.17, 15) is 27.6 Å². The third kappa shape index (κ3) is 7.95. The molecule has 1 aliphatic carbocycles. The van der Waals surface area contributed by atoms with Crippen molar-refractivity contribution in [1.29, 1.82) is 0 Å². The Labute approximate surface area is 286 Å². The number of para-hydroxylation sites is 1. The van der Waals surface area contributed by atoms with Gasteiger partial charge in [0.2, 0.25) is 11.8 Å². The van der Waals surface area contributed by atoms with E-state index < -0.39 is 53.2 Å². The van der Waals surface area contributed by atoms with E-state index in [4.69, 9.17) is 14.0 Å². The van der Waals surface area contributed by atoms with Crippen LogP contribution >= 0.6 is 0 Å². The first-order valence-corrected chi connectivity index (χ1v) is 16.6. The SMILES string of the molecule is C=Cc1coc(O[C@@H]2C[C@H]3C(=O)N[C@]4(C(=O)NOc5ccccc5)C[C@H]4/C=C\CCCCC[C@H](Nc4cccc(C(F)(F)F)c4)C(=O)N3C2)n1. The van der Waals surface area contributed by atoms with Crippen LogP contribution in [0.1, 0.15) is 56.2 Å². The first-order chi connectivity index (χ1) is 24.1. The van der Waals surface area contributed by atoms with Gasteiger partial charge in [-0.1, -0.05) is 55.8 Å². The number of carbonyl (C=O) groups excluding carboxylic acids is 3. The largest absolute Gasteiger partial charge is 0.445 e. The number of carbonyl (C=O) groups is 3. The van der Waals surface area contributed by atoms with Gasteiger partial charge in [0.25, 0.3) is 5.91 Å². The molecule has 50 heavy (non-hydrogen) atoms. The van der Waals surface area contributed by atoms with Gasteiger partial charge in [-0.25, -0.2) is 0 Å². The van der Waals surface area contributed by atoms with Crippen LogP contribution in [0.25, 0.3) is 6.08 Å². The number of nitrogens with one attached hydrogen (secondary N) is 3. The Morgan fingerprint density at radius 2 is 1.94 bits per heavy atom. The molecule has 1 saturated heterocycles. The van der Waals surface area contributed by atoms with Crippen molar-refractivity contribution < 1.29 is 41.5 Å². The number of hydrogen-bond acceptors (Lipinski definition) is 8. The van der Waals surface area contributed by atoms with E-state index in [1.165, 1.54) is 29.4 Å². The monoisotopic (exact) mass is 693 g/mol. The van der Waals surface area contributed by atoms with Crippen molar-refractivity contribution in [3.8, 4) is 11.8 Å². The molecule has 1 aromatic heterocycles. The molecule has 2 aromatic carbocycles. The number of amides is 3. The molecule has 1 saturated carbocycles. The van der Waals surface area contributed by atoms with Crippen LogP contribution in [0.5, 0.6) is 11.8 Å². The normalized spacial score (nSPS) is 26.3. The average molecular weight is 694 g/mol. The highest BCUT2D eigenvalue weighted by atomic mass is 19.4. The number of anilines is 1. The van der Waals surface area contributed by atoms with Gasteiger partial charge in [0.1, 0.15) is 35.7 Å². The number of alkyl halides is 3. The number of ether oxygens (including phenoxy) is 1. The summed E-state index contributed by atoms with van der Waals surface area (Å²) in [5.74, 6) is -1.51. The number of benzene rings is 2. The Morgan fingerprint density at radius 1 is 1.12 bits per heavy atom. The molecule has 2 fully saturated rings. The highest BCUT2D eigenvalue weighted by Crippen LogP contribution is 2.45. The highest BCUT2D eigenvalue weighted by molar-refractivity contribution is 5.98. The number of halogens is 3. The number of fused-ring (bicyclic) bond motifs is 2. The first kappa shape index (κ1) is 34.6. The summed E-state index contributed by atoms with van der Waals surface area (Å²) < 4.78 is 51.9. The Balaban J connectivity index is 1.28. The molecule has 6 rings (SSSR count). The summed E-state index contributed by atoms with van der Waals surface area (Å²) in [6.07, 6.45) is 4.90. The molecule has 3 aromatic rings. The molecule has 0 unspecified atom stereocenters. The summed E-state index contributed by atoms with van der Waals surface area (Å²) in [6.45, 7) is 3.61. The fourth-order valence-electron chi connectivity index (χ4n) is 6.40. The van der Waals surface area contributed by atoms with E-state index in [2.05, 4.69) is 27.7 Å². The van der Waals surface area contributed by atoms with Crippen molar-refractivity contribution in [1.82, 2.24) is 20.7 Å². The Bertz CT molecular complexity index is 1730. The zero-order chi connectivity index (χ0) is 35.3. The zero-order valence-corrected chi connectivity index (χ0v) is 27.2. The molecule has 264 valence electrons. The van der Waals surface area contributed by atoms with Gasteiger partial charge in [-0.2, -0.15) is 23.6 Å². The van der Waals surface area contributed by atoms with E-state index >= 15 is 0 Å². The van der Waals surface area contributed by atoms with Crippen molar-refractivity contribution in [2.75, 3.05) is 11.9 Å². The lowest BCUT2D eigenvalue weighted by Gasteiger charge is -2.30. The van der Waals surface area contributed by atoms with E-state index in [0.717, 1.165) is 25.0 Å². The minimum atomic E-state index is -4.57. The van der Waals surface area contributed by atoms with Crippen LogP contribution in [0.2, 0.25) is 0 Å². The summed E-state index contributed by atoms with van der Waals surface area (Å²) in [5, 5.41) is 5.93. The number of nitrogens with zero attached hydrogens (tertiary/aromatic N) is 2. The third-order valence-electron chi connectivity index (χ3n) is 9.16. The lowest BCUT2D eigenvalue weighted by atomic mass is 10.0. The number of aromatic nitrogens is 1. The van der Waals surface area contributed by atoms with Crippen LogP contribution in [-0.4, -0.2) is 57.9 Å². The average Bonchev–Trinajstić information content (AvgIpc) is 3.39. The van der Waals surface area contributed by atoms with E-state index in [1.807, 2.05) is 12.2 Å². The minimum Gasteiger partial charge on any atom is -0.445 e. The van der Waals surface area contributed by atoms with Crippen molar-refractivity contribution in [2.24, 2.45) is 5.92 Å². The van der Waals surface area contributed by atoms with Crippen LogP contribution in [-0.2, 0) is 20.6 Å². The lowest BCUT2D eigenvalue weighted by molar-refractivity contribution is -0.141. The van der Waals surface area contributed by atoms with Gasteiger partial charge in [0.05, 0.1) is 12.1 Å². The maximum Gasteiger partial charge on any atom is 0.416 e. The molecule has 3 heterocycles. The van der Waals surface area contributed by atoms with Gasteiger partial charge in [-0.15, -0.1) is 0 Å². The van der Waals surface area contributed by atoms with Crippen LogP contribution < -0.4 is 25.7 Å². The molecule has 11 nitrogen and oxygen atoms in total. The van der Waals surface area contributed by atoms with E-state index in [1.54, 1.807) is 30.3 Å². The van der Waals surface area contributed by atoms with Gasteiger partial charge in [-0.05, 0) is 62.1 Å². The Kier molecular flexibility index (Phi) is 10.2. The van der Waals surface area contributed by atoms with Crippen molar-refractivity contribution >= 4 is 29.5 Å². The fraction of sp³-hybridized carbons (Fsp3) is 0.389. The smallest absolute Gasteiger partial charge is 0.416 e. The molecule has 0 bridgehead atoms. The van der Waals surface area contributed by atoms with E-state index in [-0.39, 0.29) is 30.6 Å². The molecule has 5 atom stereocenters. The third-order valence-corrected chi connectivity index (χ3v) is 9.16. The van der Waals surface area contributed by atoms with Crippen LogP contribution in [0.3, 0.4) is 0 Å². The van der Waals surface area contributed by atoms with Gasteiger partial charge in [0, 0.05) is 18.0 Å². The van der Waals surface area contributed by atoms with Gasteiger partial charge in [-0.3, -0.25) is 14.4 Å². The maximum absolute atomic E-state index is 14.4. The quantitative estimate of drug-likeness (QED) is 0.203. The van der Waals surface area contributed by atoms with Gasteiger partial charge < -0.3 is 29.5 Å². The second kappa shape index (κ2) is 14.7. The van der Waals surface area contributed by atoms with Crippen molar-refractivity contribution in [3.05, 3.63) is 90.8 Å². The summed E-state index contributed by atoms with van der Waals surface area (Å²) in [6, 6.07) is 11.3. The standard InChI is InChI=1S/C36H38F3N5O6/c1-2-25-22-48-34(41-25)49-28-19-30-31(45)42-35(33(47)43-50-27-15-8-6-9-16-27)20-24(35)12-7-4-3-5-10-17-29(32(46)44(30)21-28)40-26-14-11-13-23(18-26)36(37,38)39/h2,6-9,11-16,18,22,24,28-30,40H,1,3-5,10,17,19-21H2,(H,42,45)(H,43,47)/b12-7-/t24-,28-,29+,30+,35-/m1/s1. The van der Waals surface area contributed by atoms with Gasteiger partial charge in [0.15, 0.2) is 5.75 Å². The molecule has 2 aliphatic heterocycles. The molecule has 3 aliphatic rings. The second-order valence-corrected chi connectivity index (χ2v) is 12.7. The molecule has 0 radical (unpaired) electrons. The number of hydrogen-bond donors (Lipinski definition) is 3. The summed E-state index contributed by atoms with van der Waals surface area (Å²) in [5.41, 5.74) is 0.852. The lowest BCUT2D eigenvalue weighted by Crippen LogP contribution is -2.57. The maximum atomic E-state index is 14.4. The Morgan fingerprint density at radius 3 is 2.70 bits per heavy atom. The second-order valence-electron chi connectivity index (χ2n) is 12.7. The van der Waals surface area contributed by atoms with Crippen molar-refractivity contribution in [2.45, 2.75) is 74.8 Å². The summed E-state index contributed by atoms with van der Waals surface area (Å²) >= 11 is 0. The number of allylic oxidation sites excluding steroid dienone is 1. The summed E-state index contributed by atoms with van der Waals surface area (Å²) in [7, 11) is 0. The summed E-state index contributed by atoms with van der Waals surface area (Å²) in [4.78, 5) is 53.2. The molecule has 3 N–H and O–H groups in total. The van der Waals surface area contributed by atoms with Crippen molar-refractivity contribution in [3.63, 3.8) is 0 Å². The highest BCUT2D eigenvalue weighted by Gasteiger charge is 2.61. The molecule has 0 spiro atoms. The number of hydroxylamine groups is 1. The van der Waals surface area contributed by atoms with E-state index in [0.29, 0.717) is 37.1 Å². The first-order valence-electron chi connectivity index (χ1n) is 16.6. The van der Waals surface area contributed by atoms with Crippen LogP contribution in [0.4, 0.5) is 18.9 Å². The van der Waals surface area contributed by atoms with Crippen LogP contribution in [0.15, 0.2) is 84.0 Å². The molecule has 14 heteroatoms. The molecular formula is C36H38F3N5O6. The minimum absolute atomic E-state index is 0.0386. The number of oxazole rings is 1. The molecular weight excluding hydrogens is 655 g/mol. The number of rotatable bonds is 8. The molecule has 3 amide bonds. The zero-order valence-electron chi connectivity index (χ0n) is 27.2. The predicted octanol–water partition coefficient (Wildman–Crippen LogP) is 5.67.